The zero-order valence-corrected chi connectivity index (χ0v) is 11.9. The van der Waals surface area contributed by atoms with Crippen LogP contribution in [0.4, 0.5) is 5.69 Å². The standard InChI is InChI=1S/C12H17NO5S/c1-9(18-19(3,15)16)8-12(14)13-10-4-6-11(17-2)7-5-10/h4-7,9H,8H2,1-3H3,(H,13,14). The van der Waals surface area contributed by atoms with Gasteiger partial charge in [-0.05, 0) is 31.2 Å². The third-order valence-electron chi connectivity index (χ3n) is 2.19. The molecule has 1 aromatic rings. The van der Waals surface area contributed by atoms with Crippen molar-refractivity contribution in [2.24, 2.45) is 0 Å². The van der Waals surface area contributed by atoms with Gasteiger partial charge in [0.25, 0.3) is 10.1 Å². The van der Waals surface area contributed by atoms with E-state index in [0.717, 1.165) is 6.26 Å². The Kier molecular flexibility index (Phi) is 5.31. The molecule has 0 radical (unpaired) electrons. The Morgan fingerprint density at radius 3 is 2.37 bits per heavy atom. The number of carbonyl (C=O) groups is 1. The highest BCUT2D eigenvalue weighted by Crippen LogP contribution is 2.15. The number of benzene rings is 1. The van der Waals surface area contributed by atoms with Crippen LogP contribution in [0.25, 0.3) is 0 Å². The molecule has 0 spiro atoms. The van der Waals surface area contributed by atoms with Crippen LogP contribution in [-0.2, 0) is 19.1 Å². The molecule has 6 nitrogen and oxygen atoms in total. The van der Waals surface area contributed by atoms with E-state index >= 15 is 0 Å². The SMILES string of the molecule is COc1ccc(NC(=O)CC(C)OS(C)(=O)=O)cc1. The van der Waals surface area contributed by atoms with Crippen LogP contribution in [0.2, 0.25) is 0 Å². The highest BCUT2D eigenvalue weighted by Gasteiger charge is 2.14. The molecule has 1 N–H and O–H groups in total. The lowest BCUT2D eigenvalue weighted by molar-refractivity contribution is -0.117. The number of ether oxygens (including phenoxy) is 1. The molecular formula is C12H17NO5S. The maximum Gasteiger partial charge on any atom is 0.264 e. The molecule has 0 aromatic heterocycles. The van der Waals surface area contributed by atoms with Crippen LogP contribution in [0.3, 0.4) is 0 Å². The minimum atomic E-state index is -3.55. The van der Waals surface area contributed by atoms with Gasteiger partial charge in [-0.1, -0.05) is 0 Å². The van der Waals surface area contributed by atoms with E-state index in [9.17, 15) is 13.2 Å². The highest BCUT2D eigenvalue weighted by molar-refractivity contribution is 7.86. The molecule has 0 saturated heterocycles. The summed E-state index contributed by atoms with van der Waals surface area (Å²) in [7, 11) is -1.99. The lowest BCUT2D eigenvalue weighted by atomic mass is 10.2. The maximum atomic E-state index is 11.6. The third-order valence-corrected chi connectivity index (χ3v) is 2.86. The first kappa shape index (κ1) is 15.5. The molecule has 0 heterocycles. The van der Waals surface area contributed by atoms with Crippen molar-refractivity contribution in [3.05, 3.63) is 24.3 Å². The number of methoxy groups -OCH3 is 1. The number of amides is 1. The normalized spacial score (nSPS) is 12.8. The van der Waals surface area contributed by atoms with Gasteiger partial charge in [0.1, 0.15) is 5.75 Å². The van der Waals surface area contributed by atoms with Crippen LogP contribution in [0, 0.1) is 0 Å². The summed E-state index contributed by atoms with van der Waals surface area (Å²) >= 11 is 0. The number of carbonyl (C=O) groups excluding carboxylic acids is 1. The Morgan fingerprint density at radius 2 is 1.89 bits per heavy atom. The summed E-state index contributed by atoms with van der Waals surface area (Å²) in [6, 6.07) is 6.82. The molecule has 1 rings (SSSR count). The van der Waals surface area contributed by atoms with Crippen molar-refractivity contribution in [3.8, 4) is 5.75 Å². The summed E-state index contributed by atoms with van der Waals surface area (Å²) in [5, 5.41) is 2.64. The smallest absolute Gasteiger partial charge is 0.264 e. The molecule has 1 amide bonds. The van der Waals surface area contributed by atoms with E-state index in [4.69, 9.17) is 4.74 Å². The minimum absolute atomic E-state index is 0.0426. The van der Waals surface area contributed by atoms with Crippen LogP contribution in [0.5, 0.6) is 5.75 Å². The van der Waals surface area contributed by atoms with E-state index in [-0.39, 0.29) is 12.3 Å². The molecule has 0 aliphatic rings. The molecule has 0 bridgehead atoms. The molecule has 1 unspecified atom stereocenters. The fourth-order valence-electron chi connectivity index (χ4n) is 1.48. The number of hydrogen-bond donors (Lipinski definition) is 1. The van der Waals surface area contributed by atoms with E-state index in [1.54, 1.807) is 31.4 Å². The van der Waals surface area contributed by atoms with Crippen molar-refractivity contribution in [3.63, 3.8) is 0 Å². The van der Waals surface area contributed by atoms with Crippen LogP contribution < -0.4 is 10.1 Å². The molecule has 7 heteroatoms. The predicted molar refractivity (Wildman–Crippen MR) is 71.6 cm³/mol. The molecule has 0 saturated carbocycles. The van der Waals surface area contributed by atoms with Crippen LogP contribution >= 0.6 is 0 Å². The Balaban J connectivity index is 2.50. The van der Waals surface area contributed by atoms with Crippen LogP contribution in [0.15, 0.2) is 24.3 Å². The number of anilines is 1. The molecule has 1 aromatic carbocycles. The zero-order valence-electron chi connectivity index (χ0n) is 11.0. The van der Waals surface area contributed by atoms with Gasteiger partial charge in [0, 0.05) is 5.69 Å². The molecule has 0 fully saturated rings. The highest BCUT2D eigenvalue weighted by atomic mass is 32.2. The van der Waals surface area contributed by atoms with Crippen molar-refractivity contribution in [2.75, 3.05) is 18.7 Å². The summed E-state index contributed by atoms with van der Waals surface area (Å²) in [5.74, 6) is 0.369. The van der Waals surface area contributed by atoms with Crippen molar-refractivity contribution in [1.29, 1.82) is 0 Å². The number of nitrogens with one attached hydrogen (secondary N) is 1. The first-order valence-electron chi connectivity index (χ1n) is 5.62. The van der Waals surface area contributed by atoms with Crippen molar-refractivity contribution >= 4 is 21.7 Å². The van der Waals surface area contributed by atoms with Gasteiger partial charge in [0.05, 0.1) is 25.9 Å². The second-order valence-corrected chi connectivity index (χ2v) is 5.69. The van der Waals surface area contributed by atoms with E-state index in [0.29, 0.717) is 11.4 Å². The second kappa shape index (κ2) is 6.53. The van der Waals surface area contributed by atoms with Crippen molar-refractivity contribution in [1.82, 2.24) is 0 Å². The van der Waals surface area contributed by atoms with Crippen LogP contribution in [0.1, 0.15) is 13.3 Å². The molecular weight excluding hydrogens is 270 g/mol. The Bertz CT molecular complexity index is 524. The number of rotatable bonds is 6. The second-order valence-electron chi connectivity index (χ2n) is 4.09. The monoisotopic (exact) mass is 287 g/mol. The van der Waals surface area contributed by atoms with Gasteiger partial charge in [-0.15, -0.1) is 0 Å². The molecule has 0 aliphatic heterocycles. The average Bonchev–Trinajstić information content (AvgIpc) is 2.27. The number of hydrogen-bond acceptors (Lipinski definition) is 5. The van der Waals surface area contributed by atoms with E-state index in [1.165, 1.54) is 6.92 Å². The van der Waals surface area contributed by atoms with Crippen molar-refractivity contribution in [2.45, 2.75) is 19.4 Å². The fraction of sp³-hybridized carbons (Fsp3) is 0.417. The van der Waals surface area contributed by atoms with Gasteiger partial charge in [-0.2, -0.15) is 8.42 Å². The van der Waals surface area contributed by atoms with Gasteiger partial charge in [0.15, 0.2) is 0 Å². The minimum Gasteiger partial charge on any atom is -0.497 e. The average molecular weight is 287 g/mol. The summed E-state index contributed by atoms with van der Waals surface area (Å²) in [6.45, 7) is 1.52. The summed E-state index contributed by atoms with van der Waals surface area (Å²) in [5.41, 5.74) is 0.609. The first-order valence-corrected chi connectivity index (χ1v) is 7.44. The Labute approximate surface area is 112 Å². The van der Waals surface area contributed by atoms with Gasteiger partial charge >= 0.3 is 0 Å². The lowest BCUT2D eigenvalue weighted by Crippen LogP contribution is -2.22. The maximum absolute atomic E-state index is 11.6. The van der Waals surface area contributed by atoms with E-state index in [2.05, 4.69) is 9.50 Å². The van der Waals surface area contributed by atoms with Crippen molar-refractivity contribution < 1.29 is 22.1 Å². The van der Waals surface area contributed by atoms with Crippen LogP contribution in [-0.4, -0.2) is 33.8 Å². The summed E-state index contributed by atoms with van der Waals surface area (Å²) < 4.78 is 31.4. The van der Waals surface area contributed by atoms with Gasteiger partial charge in [0.2, 0.25) is 5.91 Å². The van der Waals surface area contributed by atoms with E-state index in [1.807, 2.05) is 0 Å². The molecule has 0 aliphatic carbocycles. The van der Waals surface area contributed by atoms with Gasteiger partial charge in [-0.3, -0.25) is 8.98 Å². The molecule has 1 atom stereocenters. The molecule has 19 heavy (non-hydrogen) atoms. The lowest BCUT2D eigenvalue weighted by Gasteiger charge is -2.11. The third kappa shape index (κ3) is 6.21. The summed E-state index contributed by atoms with van der Waals surface area (Å²) in [4.78, 5) is 11.6. The predicted octanol–water partition coefficient (Wildman–Crippen LogP) is 1.39. The van der Waals surface area contributed by atoms with Gasteiger partial charge in [-0.25, -0.2) is 0 Å². The van der Waals surface area contributed by atoms with Gasteiger partial charge < -0.3 is 10.1 Å². The first-order chi connectivity index (χ1) is 8.80. The Hall–Kier alpha value is -1.60. The fourth-order valence-corrected chi connectivity index (χ4v) is 2.14. The molecule has 106 valence electrons. The zero-order chi connectivity index (χ0) is 14.5. The topological polar surface area (TPSA) is 81.7 Å². The quantitative estimate of drug-likeness (QED) is 0.799. The Morgan fingerprint density at radius 1 is 1.32 bits per heavy atom. The van der Waals surface area contributed by atoms with E-state index < -0.39 is 16.2 Å². The largest absolute Gasteiger partial charge is 0.497 e. The summed E-state index contributed by atoms with van der Waals surface area (Å²) in [6.07, 6.45) is 0.206.